The number of amides is 2. The summed E-state index contributed by atoms with van der Waals surface area (Å²) in [4.78, 5) is 29.7. The Bertz CT molecular complexity index is 866. The summed E-state index contributed by atoms with van der Waals surface area (Å²) < 4.78 is 0. The number of phenolic OH excluding ortho intramolecular Hbond substituents is 1. The van der Waals surface area contributed by atoms with Crippen molar-refractivity contribution in [3.8, 4) is 5.75 Å². The molecule has 0 bridgehead atoms. The number of nitrogens with zero attached hydrogens (tertiary/aromatic N) is 2. The second-order valence-corrected chi connectivity index (χ2v) is 9.30. The molecule has 1 fully saturated rings. The molecule has 2 aromatic carbocycles. The van der Waals surface area contributed by atoms with Crippen LogP contribution in [0.3, 0.4) is 0 Å². The number of thioether (sulfide) groups is 1. The topological polar surface area (TPSA) is 60.9 Å². The average Bonchev–Trinajstić information content (AvgIpc) is 2.71. The van der Waals surface area contributed by atoms with Crippen LogP contribution in [-0.4, -0.2) is 58.7 Å². The molecule has 0 aliphatic carbocycles. The van der Waals surface area contributed by atoms with Gasteiger partial charge >= 0.3 is 0 Å². The molecule has 2 amide bonds. The van der Waals surface area contributed by atoms with E-state index in [1.807, 2.05) is 4.90 Å². The van der Waals surface area contributed by atoms with Crippen molar-refractivity contribution in [1.29, 1.82) is 0 Å². The van der Waals surface area contributed by atoms with Gasteiger partial charge in [0.25, 0.3) is 5.91 Å². The number of piperazine rings is 1. The van der Waals surface area contributed by atoms with Crippen LogP contribution in [-0.2, 0) is 10.2 Å². The van der Waals surface area contributed by atoms with Gasteiger partial charge in [-0.15, -0.1) is 11.8 Å². The SMILES string of the molecule is CC(C)(C)c1ccc(SCC(=O)N2CCN(C(=O)c3ccccc3O)CC2)cc1. The molecule has 1 saturated heterocycles. The van der Waals surface area contributed by atoms with Crippen molar-refractivity contribution in [3.63, 3.8) is 0 Å². The van der Waals surface area contributed by atoms with Crippen LogP contribution in [0, 0.1) is 0 Å². The summed E-state index contributed by atoms with van der Waals surface area (Å²) in [6.07, 6.45) is 0. The summed E-state index contributed by atoms with van der Waals surface area (Å²) in [7, 11) is 0. The monoisotopic (exact) mass is 412 g/mol. The Morgan fingerprint density at radius 3 is 2.10 bits per heavy atom. The maximum absolute atomic E-state index is 12.6. The Morgan fingerprint density at radius 1 is 0.931 bits per heavy atom. The van der Waals surface area contributed by atoms with Crippen LogP contribution < -0.4 is 0 Å². The third kappa shape index (κ3) is 5.32. The van der Waals surface area contributed by atoms with Crippen molar-refractivity contribution in [1.82, 2.24) is 9.80 Å². The molecule has 0 unspecified atom stereocenters. The van der Waals surface area contributed by atoms with Gasteiger partial charge < -0.3 is 14.9 Å². The first-order chi connectivity index (χ1) is 13.8. The average molecular weight is 413 g/mol. The van der Waals surface area contributed by atoms with Gasteiger partial charge in [-0.3, -0.25) is 9.59 Å². The Hall–Kier alpha value is -2.47. The highest BCUT2D eigenvalue weighted by molar-refractivity contribution is 8.00. The first kappa shape index (κ1) is 21.2. The maximum atomic E-state index is 12.6. The third-order valence-corrected chi connectivity index (χ3v) is 6.13. The first-order valence-electron chi connectivity index (χ1n) is 9.84. The van der Waals surface area contributed by atoms with Gasteiger partial charge in [-0.05, 0) is 35.2 Å². The lowest BCUT2D eigenvalue weighted by molar-refractivity contribution is -0.129. The van der Waals surface area contributed by atoms with Crippen LogP contribution in [0.15, 0.2) is 53.4 Å². The molecular formula is C23H28N2O3S. The maximum Gasteiger partial charge on any atom is 0.257 e. The van der Waals surface area contributed by atoms with E-state index in [1.165, 1.54) is 11.6 Å². The molecule has 0 spiro atoms. The summed E-state index contributed by atoms with van der Waals surface area (Å²) in [6, 6.07) is 14.9. The summed E-state index contributed by atoms with van der Waals surface area (Å²) in [6.45, 7) is 8.53. The van der Waals surface area contributed by atoms with Crippen LogP contribution in [0.25, 0.3) is 0 Å². The van der Waals surface area contributed by atoms with E-state index in [2.05, 4.69) is 45.0 Å². The zero-order chi connectivity index (χ0) is 21.0. The second-order valence-electron chi connectivity index (χ2n) is 8.25. The van der Waals surface area contributed by atoms with Crippen molar-refractivity contribution in [2.45, 2.75) is 31.1 Å². The number of phenols is 1. The lowest BCUT2D eigenvalue weighted by Crippen LogP contribution is -2.51. The molecule has 1 N–H and O–H groups in total. The van der Waals surface area contributed by atoms with E-state index in [0.29, 0.717) is 37.5 Å². The third-order valence-electron chi connectivity index (χ3n) is 5.14. The molecule has 1 aliphatic heterocycles. The van der Waals surface area contributed by atoms with E-state index in [1.54, 1.807) is 34.9 Å². The predicted molar refractivity (Wildman–Crippen MR) is 116 cm³/mol. The van der Waals surface area contributed by atoms with E-state index in [4.69, 9.17) is 0 Å². The van der Waals surface area contributed by atoms with Gasteiger partial charge in [0, 0.05) is 31.1 Å². The molecule has 0 saturated carbocycles. The molecule has 1 heterocycles. The van der Waals surface area contributed by atoms with E-state index >= 15 is 0 Å². The fourth-order valence-electron chi connectivity index (χ4n) is 3.27. The van der Waals surface area contributed by atoms with Gasteiger partial charge in [0.05, 0.1) is 11.3 Å². The summed E-state index contributed by atoms with van der Waals surface area (Å²) in [5.74, 6) is 0.278. The molecule has 0 aromatic heterocycles. The highest BCUT2D eigenvalue weighted by Gasteiger charge is 2.26. The second kappa shape index (κ2) is 8.91. The predicted octanol–water partition coefficient (Wildman–Crippen LogP) is 3.77. The minimum absolute atomic E-state index is 0.00937. The molecular weight excluding hydrogens is 384 g/mol. The lowest BCUT2D eigenvalue weighted by Gasteiger charge is -2.34. The zero-order valence-corrected chi connectivity index (χ0v) is 18.0. The van der Waals surface area contributed by atoms with Crippen LogP contribution >= 0.6 is 11.8 Å². The highest BCUT2D eigenvalue weighted by Crippen LogP contribution is 2.26. The van der Waals surface area contributed by atoms with Gasteiger partial charge in [0.1, 0.15) is 5.75 Å². The minimum atomic E-state index is -0.191. The van der Waals surface area contributed by atoms with Gasteiger partial charge in [0.15, 0.2) is 0 Å². The van der Waals surface area contributed by atoms with Crippen molar-refractivity contribution in [2.24, 2.45) is 0 Å². The molecule has 0 atom stereocenters. The number of hydrogen-bond donors (Lipinski definition) is 1. The molecule has 154 valence electrons. The Morgan fingerprint density at radius 2 is 1.52 bits per heavy atom. The van der Waals surface area contributed by atoms with Crippen molar-refractivity contribution in [3.05, 3.63) is 59.7 Å². The van der Waals surface area contributed by atoms with E-state index < -0.39 is 0 Å². The molecule has 6 heteroatoms. The van der Waals surface area contributed by atoms with Gasteiger partial charge in [-0.25, -0.2) is 0 Å². The van der Waals surface area contributed by atoms with Crippen LogP contribution in [0.1, 0.15) is 36.7 Å². The Labute approximate surface area is 176 Å². The fourth-order valence-corrected chi connectivity index (χ4v) is 4.07. The van der Waals surface area contributed by atoms with Crippen molar-refractivity contribution in [2.75, 3.05) is 31.9 Å². The molecule has 5 nitrogen and oxygen atoms in total. The molecule has 1 aliphatic rings. The standard InChI is InChI=1S/C23H28N2O3S/c1-23(2,3)17-8-10-18(11-9-17)29-16-21(27)24-12-14-25(15-13-24)22(28)19-6-4-5-7-20(19)26/h4-11,26H,12-16H2,1-3H3. The highest BCUT2D eigenvalue weighted by atomic mass is 32.2. The number of carbonyl (C=O) groups excluding carboxylic acids is 2. The smallest absolute Gasteiger partial charge is 0.257 e. The fraction of sp³-hybridized carbons (Fsp3) is 0.391. The van der Waals surface area contributed by atoms with Gasteiger partial charge in [0.2, 0.25) is 5.91 Å². The number of carbonyl (C=O) groups is 2. The number of aromatic hydroxyl groups is 1. The number of para-hydroxylation sites is 1. The van der Waals surface area contributed by atoms with Gasteiger partial charge in [-0.2, -0.15) is 0 Å². The largest absolute Gasteiger partial charge is 0.507 e. The first-order valence-corrected chi connectivity index (χ1v) is 10.8. The summed E-state index contributed by atoms with van der Waals surface area (Å²) >= 11 is 1.54. The minimum Gasteiger partial charge on any atom is -0.507 e. The molecule has 0 radical (unpaired) electrons. The molecule has 3 rings (SSSR count). The number of benzene rings is 2. The van der Waals surface area contributed by atoms with Crippen LogP contribution in [0.4, 0.5) is 0 Å². The van der Waals surface area contributed by atoms with Crippen LogP contribution in [0.5, 0.6) is 5.75 Å². The number of rotatable bonds is 4. The Kier molecular flexibility index (Phi) is 6.52. The summed E-state index contributed by atoms with van der Waals surface area (Å²) in [5.41, 5.74) is 1.70. The normalized spacial score (nSPS) is 14.7. The Balaban J connectivity index is 1.49. The molecule has 29 heavy (non-hydrogen) atoms. The lowest BCUT2D eigenvalue weighted by atomic mass is 9.87. The molecule has 2 aromatic rings. The van der Waals surface area contributed by atoms with Crippen molar-refractivity contribution < 1.29 is 14.7 Å². The van der Waals surface area contributed by atoms with E-state index in [9.17, 15) is 14.7 Å². The number of hydrogen-bond acceptors (Lipinski definition) is 4. The summed E-state index contributed by atoms with van der Waals surface area (Å²) in [5, 5.41) is 9.88. The van der Waals surface area contributed by atoms with E-state index in [-0.39, 0.29) is 23.0 Å². The van der Waals surface area contributed by atoms with Crippen LogP contribution in [0.2, 0.25) is 0 Å². The van der Waals surface area contributed by atoms with Crippen molar-refractivity contribution >= 4 is 23.6 Å². The van der Waals surface area contributed by atoms with Gasteiger partial charge in [-0.1, -0.05) is 45.0 Å². The quantitative estimate of drug-likeness (QED) is 0.777. The zero-order valence-electron chi connectivity index (χ0n) is 17.2. The van der Waals surface area contributed by atoms with E-state index in [0.717, 1.165) is 4.90 Å².